The van der Waals surface area contributed by atoms with Gasteiger partial charge in [0.15, 0.2) is 5.15 Å². The fourth-order valence-corrected chi connectivity index (χ4v) is 3.72. The largest absolute Gasteiger partial charge is 0.481 e. The van der Waals surface area contributed by atoms with Crippen LogP contribution in [-0.2, 0) is 21.6 Å². The Morgan fingerprint density at radius 3 is 2.44 bits per heavy atom. The Balaban J connectivity index is 1.95. The molecule has 10 heteroatoms. The van der Waals surface area contributed by atoms with Gasteiger partial charge in [-0.05, 0) is 49.6 Å². The average molecular weight is 478 g/mol. The van der Waals surface area contributed by atoms with Crippen molar-refractivity contribution in [1.29, 1.82) is 0 Å². The van der Waals surface area contributed by atoms with E-state index >= 15 is 0 Å². The number of anilines is 1. The minimum Gasteiger partial charge on any atom is -0.481 e. The van der Waals surface area contributed by atoms with E-state index in [1.807, 2.05) is 18.4 Å². The van der Waals surface area contributed by atoms with E-state index in [-0.39, 0.29) is 39.4 Å². The Morgan fingerprint density at radius 1 is 1.25 bits per heavy atom. The molecule has 2 unspecified atom stereocenters. The molecule has 0 bridgehead atoms. The molecular weight excluding hydrogens is 457 g/mol. The molecule has 0 fully saturated rings. The fourth-order valence-electron chi connectivity index (χ4n) is 2.92. The first-order chi connectivity index (χ1) is 15.1. The number of nitrogens with one attached hydrogen (secondary N) is 2. The van der Waals surface area contributed by atoms with Gasteiger partial charge in [0.1, 0.15) is 11.6 Å². The summed E-state index contributed by atoms with van der Waals surface area (Å²) >= 11 is 5.97. The molecule has 1 heterocycles. The minimum absolute atomic E-state index is 0.0188. The number of carboxylic acid groups (broad SMARTS) is 1. The number of imidazole rings is 1. The third kappa shape index (κ3) is 5.35. The quantitative estimate of drug-likeness (QED) is 0.416. The maximum Gasteiger partial charge on any atom is 0.309 e. The van der Waals surface area contributed by atoms with Gasteiger partial charge in [-0.1, -0.05) is 29.6 Å². The van der Waals surface area contributed by atoms with Crippen LogP contribution in [0.2, 0.25) is 5.15 Å². The Bertz CT molecular complexity index is 1160. The van der Waals surface area contributed by atoms with Gasteiger partial charge >= 0.3 is 5.97 Å². The number of hydrogen-bond acceptors (Lipinski definition) is 4. The summed E-state index contributed by atoms with van der Waals surface area (Å²) in [6.07, 6.45) is 1.60. The molecule has 3 rings (SSSR count). The number of carboxylic acids is 1. The van der Waals surface area contributed by atoms with Crippen LogP contribution in [0.3, 0.4) is 0 Å². The maximum absolute atomic E-state index is 13.3. The lowest BCUT2D eigenvalue weighted by atomic mass is 9.94. The summed E-state index contributed by atoms with van der Waals surface area (Å²) < 4.78 is 19.4. The van der Waals surface area contributed by atoms with Crippen LogP contribution < -0.4 is 10.1 Å². The minimum atomic E-state index is -1.53. The van der Waals surface area contributed by atoms with Crippen molar-refractivity contribution in [2.24, 2.45) is 0 Å². The zero-order chi connectivity index (χ0) is 23.5. The van der Waals surface area contributed by atoms with Crippen molar-refractivity contribution >= 4 is 45.8 Å². The number of carbonyl (C=O) groups excluding carboxylic acids is 1. The zero-order valence-electron chi connectivity index (χ0n) is 17.3. The average Bonchev–Trinajstić information content (AvgIpc) is 3.07. The van der Waals surface area contributed by atoms with Crippen LogP contribution in [0.15, 0.2) is 53.4 Å². The normalized spacial score (nSPS) is 13.8. The first-order valence-corrected chi connectivity index (χ1v) is 11.5. The van der Waals surface area contributed by atoms with E-state index in [2.05, 4.69) is 21.2 Å². The Labute approximate surface area is 191 Å². The third-order valence-corrected chi connectivity index (χ3v) is 6.05. The number of aromatic nitrogens is 2. The highest BCUT2D eigenvalue weighted by Crippen LogP contribution is 2.32. The predicted molar refractivity (Wildman–Crippen MR) is 123 cm³/mol. The summed E-state index contributed by atoms with van der Waals surface area (Å²) in [5.74, 6) is 2.15. The molecule has 1 amide bonds. The van der Waals surface area contributed by atoms with Gasteiger partial charge in [0, 0.05) is 10.5 Å². The Hall–Kier alpha value is -3.17. The number of carbonyl (C=O) groups is 2. The zero-order valence-corrected chi connectivity index (χ0v) is 18.9. The first kappa shape index (κ1) is 23.5. The second-order valence-corrected chi connectivity index (χ2v) is 9.23. The van der Waals surface area contributed by atoms with E-state index in [1.54, 1.807) is 19.1 Å². The monoisotopic (exact) mass is 477 g/mol. The number of halogens is 2. The number of rotatable bonds is 8. The Morgan fingerprint density at radius 2 is 1.88 bits per heavy atom. The molecule has 0 aliphatic rings. The SMILES string of the molecule is C=S(C)c1ccc(C(C)(Oc2ccc(F)cc2)C(=O)Nc2nc(Cl)c(CC(=O)O)[nH]2)cc1. The molecule has 0 saturated carbocycles. The van der Waals surface area contributed by atoms with Gasteiger partial charge < -0.3 is 14.8 Å². The van der Waals surface area contributed by atoms with E-state index in [0.29, 0.717) is 5.56 Å². The number of aromatic amines is 1. The molecular formula is C22H21ClFN3O4S. The highest BCUT2D eigenvalue weighted by Gasteiger charge is 2.38. The lowest BCUT2D eigenvalue weighted by molar-refractivity contribution is -0.136. The van der Waals surface area contributed by atoms with Crippen LogP contribution in [0.25, 0.3) is 0 Å². The van der Waals surface area contributed by atoms with Crippen molar-refractivity contribution < 1.29 is 23.8 Å². The molecule has 32 heavy (non-hydrogen) atoms. The predicted octanol–water partition coefficient (Wildman–Crippen LogP) is 4.45. The van der Waals surface area contributed by atoms with Crippen LogP contribution in [-0.4, -0.2) is 39.1 Å². The summed E-state index contributed by atoms with van der Waals surface area (Å²) in [7, 11) is -0.212. The maximum atomic E-state index is 13.3. The number of ether oxygens (including phenoxy) is 1. The highest BCUT2D eigenvalue weighted by molar-refractivity contribution is 8.13. The molecule has 7 nitrogen and oxygen atoms in total. The van der Waals surface area contributed by atoms with Gasteiger partial charge in [-0.25, -0.2) is 9.37 Å². The molecule has 0 radical (unpaired) electrons. The third-order valence-electron chi connectivity index (χ3n) is 4.66. The summed E-state index contributed by atoms with van der Waals surface area (Å²) in [5, 5.41) is 11.5. The molecule has 0 spiro atoms. The number of H-pyrrole nitrogens is 1. The molecule has 168 valence electrons. The second-order valence-electron chi connectivity index (χ2n) is 7.13. The Kier molecular flexibility index (Phi) is 7.00. The molecule has 1 aromatic heterocycles. The smallest absolute Gasteiger partial charge is 0.309 e. The van der Waals surface area contributed by atoms with Gasteiger partial charge in [0.05, 0.1) is 12.1 Å². The van der Waals surface area contributed by atoms with Crippen molar-refractivity contribution in [3.05, 3.63) is 70.8 Å². The fraction of sp³-hybridized carbons (Fsp3) is 0.182. The molecule has 3 aromatic rings. The number of aliphatic carboxylic acids is 1. The van der Waals surface area contributed by atoms with Crippen molar-refractivity contribution in [3.63, 3.8) is 0 Å². The lowest BCUT2D eigenvalue weighted by Gasteiger charge is -2.30. The van der Waals surface area contributed by atoms with Gasteiger partial charge in [0.2, 0.25) is 11.5 Å². The summed E-state index contributed by atoms with van der Waals surface area (Å²) in [5.41, 5.74) is -0.835. The van der Waals surface area contributed by atoms with Crippen molar-refractivity contribution in [2.75, 3.05) is 11.6 Å². The van der Waals surface area contributed by atoms with Crippen molar-refractivity contribution in [1.82, 2.24) is 9.97 Å². The topological polar surface area (TPSA) is 104 Å². The van der Waals surface area contributed by atoms with Crippen LogP contribution in [0.1, 0.15) is 18.2 Å². The van der Waals surface area contributed by atoms with Gasteiger partial charge in [-0.2, -0.15) is 10.5 Å². The van der Waals surface area contributed by atoms with Crippen LogP contribution in [0, 0.1) is 5.82 Å². The standard InChI is InChI=1S/C22H21ClFN3O4S/c1-22(31-15-8-6-14(24)7-9-15,13-4-10-16(11-5-13)32(2)3)20(30)27-21-25-17(12-18(28)29)19(23)26-21/h4-11H,2,12H2,1,3H3,(H,28,29)(H2,25,26,27,30). The lowest BCUT2D eigenvalue weighted by Crippen LogP contribution is -2.43. The number of nitrogens with zero attached hydrogens (tertiary/aromatic N) is 1. The van der Waals surface area contributed by atoms with Gasteiger partial charge in [0.25, 0.3) is 5.91 Å². The molecule has 2 atom stereocenters. The summed E-state index contributed by atoms with van der Waals surface area (Å²) in [6, 6.07) is 12.5. The number of amides is 1. The van der Waals surface area contributed by atoms with Crippen LogP contribution in [0.5, 0.6) is 5.75 Å². The van der Waals surface area contributed by atoms with Crippen LogP contribution >= 0.6 is 22.1 Å². The van der Waals surface area contributed by atoms with E-state index in [1.165, 1.54) is 24.3 Å². The molecule has 0 aliphatic carbocycles. The summed E-state index contributed by atoms with van der Waals surface area (Å²) in [6.45, 7) is 1.57. The van der Waals surface area contributed by atoms with E-state index in [0.717, 1.165) is 4.90 Å². The van der Waals surface area contributed by atoms with E-state index in [4.69, 9.17) is 21.4 Å². The highest BCUT2D eigenvalue weighted by atomic mass is 35.5. The van der Waals surface area contributed by atoms with E-state index in [9.17, 15) is 14.0 Å². The molecule has 0 saturated heterocycles. The molecule has 2 aromatic carbocycles. The van der Waals surface area contributed by atoms with Crippen molar-refractivity contribution in [3.8, 4) is 5.75 Å². The number of benzene rings is 2. The summed E-state index contributed by atoms with van der Waals surface area (Å²) in [4.78, 5) is 32.0. The first-order valence-electron chi connectivity index (χ1n) is 9.37. The second kappa shape index (κ2) is 9.54. The van der Waals surface area contributed by atoms with Gasteiger partial charge in [-0.15, -0.1) is 0 Å². The number of hydrogen-bond donors (Lipinski definition) is 3. The molecule has 3 N–H and O–H groups in total. The molecule has 0 aliphatic heterocycles. The van der Waals surface area contributed by atoms with Crippen LogP contribution in [0.4, 0.5) is 10.3 Å². The van der Waals surface area contributed by atoms with Gasteiger partial charge in [-0.3, -0.25) is 14.9 Å². The van der Waals surface area contributed by atoms with Crippen molar-refractivity contribution in [2.45, 2.75) is 23.8 Å². The van der Waals surface area contributed by atoms with E-state index < -0.39 is 23.3 Å².